The quantitative estimate of drug-likeness (QED) is 0.533. The molecule has 2 heteroatoms. The van der Waals surface area contributed by atoms with Gasteiger partial charge in [0, 0.05) is 12.5 Å². The van der Waals surface area contributed by atoms with Gasteiger partial charge in [-0.1, -0.05) is 58.8 Å². The van der Waals surface area contributed by atoms with Crippen molar-refractivity contribution in [1.82, 2.24) is 0 Å². The van der Waals surface area contributed by atoms with Crippen molar-refractivity contribution >= 4 is 0 Å². The van der Waals surface area contributed by atoms with Crippen molar-refractivity contribution in [1.29, 1.82) is 0 Å². The fraction of sp³-hybridized carbons (Fsp3) is 1.00. The molecule has 98 valence electrons. The van der Waals surface area contributed by atoms with Crippen LogP contribution in [-0.2, 0) is 0 Å². The molecule has 0 amide bonds. The Hall–Kier alpha value is -0.0800. The number of unbranched alkanes of at least 4 members (excludes halogenated alkanes) is 5. The molecule has 0 saturated heterocycles. The van der Waals surface area contributed by atoms with Crippen LogP contribution in [0.15, 0.2) is 0 Å². The standard InChI is InChI=1S/C14H30O2/c1-3-5-7-9-11-14(16)13(12-15)10-8-6-4-2/h13-16H,3-12H2,1-2H3. The topological polar surface area (TPSA) is 40.5 Å². The van der Waals surface area contributed by atoms with Crippen LogP contribution in [-0.4, -0.2) is 22.9 Å². The molecule has 0 aromatic heterocycles. The molecule has 0 spiro atoms. The van der Waals surface area contributed by atoms with Crippen LogP contribution in [0.4, 0.5) is 0 Å². The van der Waals surface area contributed by atoms with E-state index < -0.39 is 0 Å². The van der Waals surface area contributed by atoms with E-state index in [2.05, 4.69) is 13.8 Å². The zero-order chi connectivity index (χ0) is 12.2. The van der Waals surface area contributed by atoms with Gasteiger partial charge in [0.15, 0.2) is 0 Å². The summed E-state index contributed by atoms with van der Waals surface area (Å²) in [5.74, 6) is 0.105. The average molecular weight is 230 g/mol. The summed E-state index contributed by atoms with van der Waals surface area (Å²) in [6.07, 6.45) is 9.87. The highest BCUT2D eigenvalue weighted by Crippen LogP contribution is 2.18. The zero-order valence-electron chi connectivity index (χ0n) is 11.1. The van der Waals surface area contributed by atoms with Crippen molar-refractivity contribution in [2.45, 2.75) is 77.7 Å². The van der Waals surface area contributed by atoms with Crippen LogP contribution < -0.4 is 0 Å². The van der Waals surface area contributed by atoms with E-state index in [4.69, 9.17) is 0 Å². The fourth-order valence-electron chi connectivity index (χ4n) is 2.08. The predicted octanol–water partition coefficient (Wildman–Crippen LogP) is 3.51. The molecule has 2 unspecified atom stereocenters. The first-order chi connectivity index (χ1) is 7.76. The fourth-order valence-corrected chi connectivity index (χ4v) is 2.08. The Balaban J connectivity index is 3.60. The summed E-state index contributed by atoms with van der Waals surface area (Å²) < 4.78 is 0. The molecule has 16 heavy (non-hydrogen) atoms. The molecule has 0 aromatic rings. The van der Waals surface area contributed by atoms with E-state index in [-0.39, 0.29) is 18.6 Å². The van der Waals surface area contributed by atoms with Gasteiger partial charge in [0.25, 0.3) is 0 Å². The third kappa shape index (κ3) is 8.12. The molecule has 0 aromatic carbocycles. The van der Waals surface area contributed by atoms with E-state index in [0.29, 0.717) is 0 Å². The van der Waals surface area contributed by atoms with Crippen LogP contribution in [0, 0.1) is 5.92 Å². The lowest BCUT2D eigenvalue weighted by Crippen LogP contribution is -2.23. The van der Waals surface area contributed by atoms with Crippen molar-refractivity contribution in [2.24, 2.45) is 5.92 Å². The largest absolute Gasteiger partial charge is 0.396 e. The van der Waals surface area contributed by atoms with Crippen molar-refractivity contribution in [2.75, 3.05) is 6.61 Å². The summed E-state index contributed by atoms with van der Waals surface area (Å²) in [6.45, 7) is 4.51. The lowest BCUT2D eigenvalue weighted by atomic mass is 9.92. The number of aliphatic hydroxyl groups is 2. The Morgan fingerprint density at radius 2 is 1.38 bits per heavy atom. The second-order valence-electron chi connectivity index (χ2n) is 4.86. The summed E-state index contributed by atoms with van der Waals surface area (Å²) in [4.78, 5) is 0. The zero-order valence-corrected chi connectivity index (χ0v) is 11.1. The van der Waals surface area contributed by atoms with Crippen molar-refractivity contribution in [3.8, 4) is 0 Å². The van der Waals surface area contributed by atoms with Crippen molar-refractivity contribution in [3.05, 3.63) is 0 Å². The van der Waals surface area contributed by atoms with Gasteiger partial charge in [-0.25, -0.2) is 0 Å². The third-order valence-corrected chi connectivity index (χ3v) is 3.31. The molecule has 0 heterocycles. The van der Waals surface area contributed by atoms with Crippen LogP contribution in [0.25, 0.3) is 0 Å². The summed E-state index contributed by atoms with van der Waals surface area (Å²) in [7, 11) is 0. The molecule has 0 radical (unpaired) electrons. The maximum atomic E-state index is 9.95. The van der Waals surface area contributed by atoms with Crippen LogP contribution in [0.2, 0.25) is 0 Å². The lowest BCUT2D eigenvalue weighted by molar-refractivity contribution is 0.0529. The monoisotopic (exact) mass is 230 g/mol. The minimum Gasteiger partial charge on any atom is -0.396 e. The smallest absolute Gasteiger partial charge is 0.0590 e. The number of rotatable bonds is 11. The molecule has 0 aliphatic heterocycles. The van der Waals surface area contributed by atoms with Crippen LogP contribution in [0.1, 0.15) is 71.6 Å². The Labute approximate surface area is 101 Å². The van der Waals surface area contributed by atoms with E-state index in [1.165, 1.54) is 32.1 Å². The maximum absolute atomic E-state index is 9.95. The number of hydrogen-bond donors (Lipinski definition) is 2. The minimum absolute atomic E-state index is 0.105. The van der Waals surface area contributed by atoms with Crippen LogP contribution in [0.3, 0.4) is 0 Å². The Bertz CT molecular complexity index is 137. The predicted molar refractivity (Wildman–Crippen MR) is 69.5 cm³/mol. The van der Waals surface area contributed by atoms with E-state index in [1.54, 1.807) is 0 Å². The maximum Gasteiger partial charge on any atom is 0.0590 e. The van der Waals surface area contributed by atoms with Gasteiger partial charge in [-0.05, 0) is 12.8 Å². The SMILES string of the molecule is CCCCCCC(O)C(CO)CCCCC. The molecular formula is C14H30O2. The van der Waals surface area contributed by atoms with Gasteiger partial charge in [-0.15, -0.1) is 0 Å². The van der Waals surface area contributed by atoms with Gasteiger partial charge in [0.1, 0.15) is 0 Å². The molecule has 0 aliphatic carbocycles. The Morgan fingerprint density at radius 3 is 1.94 bits per heavy atom. The molecule has 2 atom stereocenters. The molecule has 0 saturated carbocycles. The van der Waals surface area contributed by atoms with Crippen LogP contribution >= 0.6 is 0 Å². The summed E-state index contributed by atoms with van der Waals surface area (Å²) in [6, 6.07) is 0. The van der Waals surface area contributed by atoms with Crippen molar-refractivity contribution < 1.29 is 10.2 Å². The summed E-state index contributed by atoms with van der Waals surface area (Å²) >= 11 is 0. The van der Waals surface area contributed by atoms with Gasteiger partial charge in [-0.2, -0.15) is 0 Å². The van der Waals surface area contributed by atoms with Gasteiger partial charge >= 0.3 is 0 Å². The first-order valence-electron chi connectivity index (χ1n) is 7.05. The van der Waals surface area contributed by atoms with E-state index in [0.717, 1.165) is 25.7 Å². The molecule has 0 rings (SSSR count). The Kier molecular flexibility index (Phi) is 11.3. The summed E-state index contributed by atoms with van der Waals surface area (Å²) in [5, 5.41) is 19.2. The number of aliphatic hydroxyl groups excluding tert-OH is 2. The highest BCUT2D eigenvalue weighted by molar-refractivity contribution is 4.68. The second kappa shape index (κ2) is 11.4. The van der Waals surface area contributed by atoms with E-state index in [1.807, 2.05) is 0 Å². The normalized spacial score (nSPS) is 15.0. The first-order valence-corrected chi connectivity index (χ1v) is 7.05. The van der Waals surface area contributed by atoms with E-state index >= 15 is 0 Å². The van der Waals surface area contributed by atoms with Crippen molar-refractivity contribution in [3.63, 3.8) is 0 Å². The Morgan fingerprint density at radius 1 is 0.812 bits per heavy atom. The first kappa shape index (κ1) is 15.9. The molecule has 2 nitrogen and oxygen atoms in total. The summed E-state index contributed by atoms with van der Waals surface area (Å²) in [5.41, 5.74) is 0. The minimum atomic E-state index is -0.293. The average Bonchev–Trinajstić information content (AvgIpc) is 2.30. The van der Waals surface area contributed by atoms with E-state index in [9.17, 15) is 10.2 Å². The third-order valence-electron chi connectivity index (χ3n) is 3.31. The molecule has 2 N–H and O–H groups in total. The molecule has 0 fully saturated rings. The highest BCUT2D eigenvalue weighted by atomic mass is 16.3. The lowest BCUT2D eigenvalue weighted by Gasteiger charge is -2.20. The van der Waals surface area contributed by atoms with Gasteiger partial charge in [-0.3, -0.25) is 0 Å². The van der Waals surface area contributed by atoms with Gasteiger partial charge < -0.3 is 10.2 Å². The van der Waals surface area contributed by atoms with Gasteiger partial charge in [0.05, 0.1) is 6.10 Å². The number of hydrogen-bond acceptors (Lipinski definition) is 2. The highest BCUT2D eigenvalue weighted by Gasteiger charge is 2.17. The molecule has 0 bridgehead atoms. The second-order valence-corrected chi connectivity index (χ2v) is 4.86. The van der Waals surface area contributed by atoms with Gasteiger partial charge in [0.2, 0.25) is 0 Å². The van der Waals surface area contributed by atoms with Crippen LogP contribution in [0.5, 0.6) is 0 Å². The molecular weight excluding hydrogens is 200 g/mol. The molecule has 0 aliphatic rings.